The number of carbonyl (C=O) groups is 1. The zero-order valence-electron chi connectivity index (χ0n) is 21.8. The van der Waals surface area contributed by atoms with Crippen LogP contribution in [-0.4, -0.2) is 33.8 Å². The van der Waals surface area contributed by atoms with E-state index in [1.54, 1.807) is 44.6 Å². The fourth-order valence-electron chi connectivity index (χ4n) is 4.07. The number of benzene rings is 3. The average molecular weight is 495 g/mol. The number of methoxy groups -OCH3 is 2. The molecule has 0 aromatic heterocycles. The number of hydrogen-bond donors (Lipinski definition) is 0. The molecule has 2 heterocycles. The standard InChI is InChI=1S/C24H20O7.C3H8.C2H6/c1-26-13-28-15-7-9-19-21(11-15)30-22-12-16(29-14-27-2)8-10-20(22)24(19)18-6-4-3-5-17(18)23(25)31-24;1-3-2;1-2/h3-12H,13-14H2,1-2H3;3H2,1-2H3;1-2H3. The van der Waals surface area contributed by atoms with E-state index in [1.807, 2.05) is 44.2 Å². The summed E-state index contributed by atoms with van der Waals surface area (Å²) in [5.74, 6) is 1.81. The Balaban J connectivity index is 0.000000674. The SMILES string of the molecule is CC.CCC.COCOc1ccc2c(c1)Oc1cc(OCOC)ccc1C21OC(=O)c2ccccc21. The first-order chi connectivity index (χ1) is 17.6. The first kappa shape index (κ1) is 27.0. The molecule has 7 nitrogen and oxygen atoms in total. The molecule has 0 aliphatic carbocycles. The molecule has 0 bridgehead atoms. The third-order valence-electron chi connectivity index (χ3n) is 5.34. The molecule has 0 saturated carbocycles. The third kappa shape index (κ3) is 5.03. The van der Waals surface area contributed by atoms with Gasteiger partial charge in [0.1, 0.15) is 23.0 Å². The van der Waals surface area contributed by atoms with Crippen molar-refractivity contribution in [3.8, 4) is 23.0 Å². The van der Waals surface area contributed by atoms with Gasteiger partial charge in [-0.15, -0.1) is 0 Å². The minimum atomic E-state index is -1.13. The molecule has 0 amide bonds. The van der Waals surface area contributed by atoms with Crippen LogP contribution in [0.4, 0.5) is 0 Å². The Hall–Kier alpha value is -3.55. The molecule has 0 unspecified atom stereocenters. The maximum atomic E-state index is 12.8. The molecule has 0 radical (unpaired) electrons. The van der Waals surface area contributed by atoms with E-state index in [9.17, 15) is 4.79 Å². The lowest BCUT2D eigenvalue weighted by Gasteiger charge is -2.36. The van der Waals surface area contributed by atoms with Gasteiger partial charge in [-0.1, -0.05) is 52.3 Å². The van der Waals surface area contributed by atoms with Crippen molar-refractivity contribution < 1.29 is 33.2 Å². The molecular weight excluding hydrogens is 460 g/mol. The fourth-order valence-corrected chi connectivity index (χ4v) is 4.07. The van der Waals surface area contributed by atoms with Gasteiger partial charge in [-0.2, -0.15) is 0 Å². The lowest BCUT2D eigenvalue weighted by atomic mass is 9.77. The van der Waals surface area contributed by atoms with Gasteiger partial charge in [0.15, 0.2) is 19.2 Å². The summed E-state index contributed by atoms with van der Waals surface area (Å²) in [7, 11) is 3.10. The van der Waals surface area contributed by atoms with Crippen molar-refractivity contribution in [2.75, 3.05) is 27.8 Å². The fraction of sp³-hybridized carbons (Fsp3) is 0.345. The molecule has 36 heavy (non-hydrogen) atoms. The van der Waals surface area contributed by atoms with Crippen molar-refractivity contribution in [2.24, 2.45) is 0 Å². The molecule has 7 heteroatoms. The summed E-state index contributed by atoms with van der Waals surface area (Å²) in [5, 5.41) is 0. The lowest BCUT2D eigenvalue weighted by molar-refractivity contribution is 0.0222. The molecule has 2 aliphatic rings. The minimum absolute atomic E-state index is 0.105. The second-order valence-electron chi connectivity index (χ2n) is 7.84. The number of carbonyl (C=O) groups excluding carboxylic acids is 1. The zero-order valence-corrected chi connectivity index (χ0v) is 21.8. The summed E-state index contributed by atoms with van der Waals surface area (Å²) in [5.41, 5.74) is 1.60. The van der Waals surface area contributed by atoms with Crippen LogP contribution in [0.25, 0.3) is 0 Å². The highest BCUT2D eigenvalue weighted by Crippen LogP contribution is 2.56. The Labute approximate surface area is 212 Å². The van der Waals surface area contributed by atoms with E-state index in [4.69, 9.17) is 28.4 Å². The Bertz CT molecular complexity index is 1110. The number of rotatable bonds is 6. The van der Waals surface area contributed by atoms with Crippen LogP contribution in [0.3, 0.4) is 0 Å². The van der Waals surface area contributed by atoms with Crippen LogP contribution in [0.2, 0.25) is 0 Å². The number of ether oxygens (including phenoxy) is 6. The van der Waals surface area contributed by atoms with Crippen molar-refractivity contribution >= 4 is 5.97 Å². The van der Waals surface area contributed by atoms with Crippen LogP contribution < -0.4 is 14.2 Å². The van der Waals surface area contributed by atoms with Gasteiger partial charge in [0.2, 0.25) is 0 Å². The summed E-state index contributed by atoms with van der Waals surface area (Å²) in [6, 6.07) is 18.2. The van der Waals surface area contributed by atoms with Gasteiger partial charge >= 0.3 is 5.97 Å². The Morgan fingerprint density at radius 2 is 1.25 bits per heavy atom. The normalized spacial score (nSPS) is 13.4. The van der Waals surface area contributed by atoms with E-state index >= 15 is 0 Å². The topological polar surface area (TPSA) is 72.5 Å². The van der Waals surface area contributed by atoms with Crippen LogP contribution in [0.5, 0.6) is 23.0 Å². The summed E-state index contributed by atoms with van der Waals surface area (Å²) >= 11 is 0. The van der Waals surface area contributed by atoms with E-state index in [2.05, 4.69) is 13.8 Å². The van der Waals surface area contributed by atoms with Crippen LogP contribution >= 0.6 is 0 Å². The monoisotopic (exact) mass is 494 g/mol. The maximum Gasteiger partial charge on any atom is 0.340 e. The Morgan fingerprint density at radius 1 is 0.750 bits per heavy atom. The first-order valence-corrected chi connectivity index (χ1v) is 12.1. The predicted molar refractivity (Wildman–Crippen MR) is 137 cm³/mol. The van der Waals surface area contributed by atoms with Gasteiger partial charge in [-0.05, 0) is 30.3 Å². The summed E-state index contributed by atoms with van der Waals surface area (Å²) in [6.07, 6.45) is 1.25. The van der Waals surface area contributed by atoms with E-state index in [0.29, 0.717) is 39.7 Å². The largest absolute Gasteiger partial charge is 0.467 e. The van der Waals surface area contributed by atoms with Crippen LogP contribution in [-0.2, 0) is 19.8 Å². The van der Waals surface area contributed by atoms with Crippen molar-refractivity contribution in [1.29, 1.82) is 0 Å². The Kier molecular flexibility index (Phi) is 9.33. The molecule has 192 valence electrons. The molecule has 3 aromatic carbocycles. The first-order valence-electron chi connectivity index (χ1n) is 12.1. The van der Waals surface area contributed by atoms with Crippen molar-refractivity contribution in [3.05, 3.63) is 82.9 Å². The van der Waals surface area contributed by atoms with Gasteiger partial charge in [-0.25, -0.2) is 4.79 Å². The van der Waals surface area contributed by atoms with E-state index < -0.39 is 5.60 Å². The summed E-state index contributed by atoms with van der Waals surface area (Å²) in [4.78, 5) is 12.8. The predicted octanol–water partition coefficient (Wildman–Crippen LogP) is 6.66. The number of hydrogen-bond acceptors (Lipinski definition) is 7. The maximum absolute atomic E-state index is 12.8. The van der Waals surface area contributed by atoms with Crippen molar-refractivity contribution in [2.45, 2.75) is 39.7 Å². The summed E-state index contributed by atoms with van der Waals surface area (Å²) < 4.78 is 33.5. The van der Waals surface area contributed by atoms with E-state index in [1.165, 1.54) is 6.42 Å². The lowest BCUT2D eigenvalue weighted by Crippen LogP contribution is -2.33. The average Bonchev–Trinajstić information content (AvgIpc) is 3.20. The zero-order chi connectivity index (χ0) is 26.1. The molecule has 0 fully saturated rings. The highest BCUT2D eigenvalue weighted by molar-refractivity contribution is 5.97. The number of fused-ring (bicyclic) bond motifs is 6. The second kappa shape index (κ2) is 12.4. The molecule has 5 rings (SSSR count). The second-order valence-corrected chi connectivity index (χ2v) is 7.84. The smallest absolute Gasteiger partial charge is 0.340 e. The highest BCUT2D eigenvalue weighted by atomic mass is 16.7. The van der Waals surface area contributed by atoms with Gasteiger partial charge in [0.25, 0.3) is 0 Å². The van der Waals surface area contributed by atoms with Crippen molar-refractivity contribution in [3.63, 3.8) is 0 Å². The Morgan fingerprint density at radius 3 is 1.75 bits per heavy atom. The van der Waals surface area contributed by atoms with Crippen LogP contribution in [0, 0.1) is 0 Å². The van der Waals surface area contributed by atoms with E-state index in [0.717, 1.165) is 5.56 Å². The molecule has 2 aliphatic heterocycles. The molecule has 1 spiro atoms. The van der Waals surface area contributed by atoms with Gasteiger partial charge in [0, 0.05) is 43.0 Å². The molecule has 0 saturated heterocycles. The van der Waals surface area contributed by atoms with Crippen LogP contribution in [0.15, 0.2) is 60.7 Å². The number of esters is 1. The van der Waals surface area contributed by atoms with Gasteiger partial charge in [0.05, 0.1) is 5.56 Å². The van der Waals surface area contributed by atoms with Crippen LogP contribution in [0.1, 0.15) is 61.2 Å². The van der Waals surface area contributed by atoms with Gasteiger partial charge < -0.3 is 28.4 Å². The quantitative estimate of drug-likeness (QED) is 0.280. The molecule has 3 aromatic rings. The van der Waals surface area contributed by atoms with Gasteiger partial charge in [-0.3, -0.25) is 0 Å². The molecule has 0 N–H and O–H groups in total. The van der Waals surface area contributed by atoms with E-state index in [-0.39, 0.29) is 19.6 Å². The minimum Gasteiger partial charge on any atom is -0.467 e. The highest BCUT2D eigenvalue weighted by Gasteiger charge is 2.53. The molecular formula is C29H34O7. The van der Waals surface area contributed by atoms with Crippen molar-refractivity contribution in [1.82, 2.24) is 0 Å². The summed E-state index contributed by atoms with van der Waals surface area (Å²) in [6.45, 7) is 8.46. The third-order valence-corrected chi connectivity index (χ3v) is 5.34. The molecule has 0 atom stereocenters.